The van der Waals surface area contributed by atoms with E-state index in [9.17, 15) is 14.4 Å². The standard InChI is InChI=1S/C22H21N5O3/c1-3-10-27-22(30)16-7-5-4-6-15(16)19(26-27)21(29)25-24-20(28)18-12-14-11-13(2)8-9-17(14)23-18/h4-9,11-12,23H,3,10H2,1-2H3,(H,24,28)(H,25,29). The second-order valence-electron chi connectivity index (χ2n) is 7.10. The summed E-state index contributed by atoms with van der Waals surface area (Å²) in [4.78, 5) is 40.8. The number of hydrazine groups is 1. The van der Waals surface area contributed by atoms with Crippen LogP contribution >= 0.6 is 0 Å². The number of nitrogens with zero attached hydrogens (tertiary/aromatic N) is 2. The number of amides is 2. The van der Waals surface area contributed by atoms with E-state index >= 15 is 0 Å². The van der Waals surface area contributed by atoms with E-state index in [0.29, 0.717) is 29.4 Å². The Labute approximate surface area is 171 Å². The van der Waals surface area contributed by atoms with Gasteiger partial charge < -0.3 is 4.98 Å². The summed E-state index contributed by atoms with van der Waals surface area (Å²) >= 11 is 0. The lowest BCUT2D eigenvalue weighted by Crippen LogP contribution is -2.43. The van der Waals surface area contributed by atoms with Crippen molar-refractivity contribution in [2.45, 2.75) is 26.8 Å². The van der Waals surface area contributed by atoms with Gasteiger partial charge in [-0.3, -0.25) is 25.2 Å². The molecule has 30 heavy (non-hydrogen) atoms. The molecule has 0 spiro atoms. The number of carbonyl (C=O) groups is 2. The van der Waals surface area contributed by atoms with Crippen LogP contribution in [0.5, 0.6) is 0 Å². The molecule has 2 aromatic carbocycles. The van der Waals surface area contributed by atoms with Crippen LogP contribution in [0, 0.1) is 6.92 Å². The van der Waals surface area contributed by atoms with E-state index in [2.05, 4.69) is 20.9 Å². The topological polar surface area (TPSA) is 109 Å². The summed E-state index contributed by atoms with van der Waals surface area (Å²) in [5.74, 6) is -1.08. The monoisotopic (exact) mass is 403 g/mol. The van der Waals surface area contributed by atoms with Gasteiger partial charge in [-0.05, 0) is 37.6 Å². The third kappa shape index (κ3) is 3.55. The Morgan fingerprint density at radius 3 is 2.53 bits per heavy atom. The fraction of sp³-hybridized carbons (Fsp3) is 0.182. The van der Waals surface area contributed by atoms with E-state index in [1.165, 1.54) is 4.68 Å². The Balaban J connectivity index is 1.59. The molecule has 0 saturated heterocycles. The first-order chi connectivity index (χ1) is 14.5. The van der Waals surface area contributed by atoms with E-state index in [0.717, 1.165) is 16.5 Å². The first-order valence-corrected chi connectivity index (χ1v) is 9.68. The van der Waals surface area contributed by atoms with Crippen LogP contribution < -0.4 is 16.4 Å². The molecule has 2 heterocycles. The van der Waals surface area contributed by atoms with Crippen molar-refractivity contribution in [1.82, 2.24) is 25.6 Å². The van der Waals surface area contributed by atoms with Crippen LogP contribution in [0.15, 0.2) is 53.3 Å². The van der Waals surface area contributed by atoms with E-state index in [-0.39, 0.29) is 11.3 Å². The predicted octanol–water partition coefficient (Wildman–Crippen LogP) is 2.67. The lowest BCUT2D eigenvalue weighted by Gasteiger charge is -2.11. The number of aryl methyl sites for hydroxylation is 2. The summed E-state index contributed by atoms with van der Waals surface area (Å²) in [5.41, 5.74) is 6.87. The minimum atomic E-state index is -0.601. The number of hydrogen-bond acceptors (Lipinski definition) is 4. The SMILES string of the molecule is CCCn1nc(C(=O)NNC(=O)c2cc3cc(C)ccc3[nH]2)c2ccccc2c1=O. The normalized spacial score (nSPS) is 11.0. The van der Waals surface area contributed by atoms with Crippen LogP contribution in [0.25, 0.3) is 21.7 Å². The Kier molecular flexibility index (Phi) is 5.05. The highest BCUT2D eigenvalue weighted by Gasteiger charge is 2.18. The number of hydrogen-bond donors (Lipinski definition) is 3. The second kappa shape index (κ2) is 7.82. The van der Waals surface area contributed by atoms with Crippen molar-refractivity contribution >= 4 is 33.5 Å². The fourth-order valence-corrected chi connectivity index (χ4v) is 3.38. The number of aromatic nitrogens is 3. The number of nitrogens with one attached hydrogen (secondary N) is 3. The van der Waals surface area contributed by atoms with Gasteiger partial charge in [0.2, 0.25) is 0 Å². The highest BCUT2D eigenvalue weighted by Crippen LogP contribution is 2.17. The quantitative estimate of drug-likeness (QED) is 0.455. The van der Waals surface area contributed by atoms with Gasteiger partial charge >= 0.3 is 0 Å². The molecule has 0 saturated carbocycles. The molecule has 3 N–H and O–H groups in total. The summed E-state index contributed by atoms with van der Waals surface area (Å²) in [6.07, 6.45) is 0.697. The van der Waals surface area contributed by atoms with Gasteiger partial charge in [-0.2, -0.15) is 5.10 Å². The third-order valence-electron chi connectivity index (χ3n) is 4.83. The zero-order valence-electron chi connectivity index (χ0n) is 16.7. The molecule has 0 aliphatic heterocycles. The molecular formula is C22H21N5O3. The van der Waals surface area contributed by atoms with Gasteiger partial charge in [-0.1, -0.05) is 36.8 Å². The summed E-state index contributed by atoms with van der Waals surface area (Å²) in [6, 6.07) is 14.3. The number of carbonyl (C=O) groups excluding carboxylic acids is 2. The average molecular weight is 403 g/mol. The van der Waals surface area contributed by atoms with Gasteiger partial charge in [0.05, 0.1) is 5.39 Å². The van der Waals surface area contributed by atoms with Crippen molar-refractivity contribution in [3.05, 3.63) is 75.8 Å². The highest BCUT2D eigenvalue weighted by molar-refractivity contribution is 6.06. The van der Waals surface area contributed by atoms with E-state index in [1.807, 2.05) is 32.0 Å². The maximum atomic E-state index is 12.8. The summed E-state index contributed by atoms with van der Waals surface area (Å²) < 4.78 is 1.28. The number of H-pyrrole nitrogens is 1. The highest BCUT2D eigenvalue weighted by atomic mass is 16.2. The minimum absolute atomic E-state index is 0.0752. The first kappa shape index (κ1) is 19.4. The summed E-state index contributed by atoms with van der Waals surface area (Å²) in [5, 5.41) is 5.97. The molecule has 0 aliphatic carbocycles. The van der Waals surface area contributed by atoms with Crippen LogP contribution in [0.3, 0.4) is 0 Å². The maximum absolute atomic E-state index is 12.8. The molecule has 4 aromatic rings. The number of benzene rings is 2. The number of rotatable bonds is 4. The Morgan fingerprint density at radius 1 is 1.03 bits per heavy atom. The van der Waals surface area contributed by atoms with Crippen molar-refractivity contribution in [3.63, 3.8) is 0 Å². The van der Waals surface area contributed by atoms with Gasteiger partial charge in [0.15, 0.2) is 5.69 Å². The van der Waals surface area contributed by atoms with Gasteiger partial charge in [-0.25, -0.2) is 4.68 Å². The summed E-state index contributed by atoms with van der Waals surface area (Å²) in [7, 11) is 0. The molecular weight excluding hydrogens is 382 g/mol. The molecule has 152 valence electrons. The summed E-state index contributed by atoms with van der Waals surface area (Å²) in [6.45, 7) is 4.29. The molecule has 0 unspecified atom stereocenters. The largest absolute Gasteiger partial charge is 0.350 e. The zero-order chi connectivity index (χ0) is 21.3. The Bertz CT molecular complexity index is 1340. The van der Waals surface area contributed by atoms with Crippen molar-refractivity contribution in [2.24, 2.45) is 0 Å². The van der Waals surface area contributed by atoms with Gasteiger partial charge in [0, 0.05) is 22.8 Å². The maximum Gasteiger partial charge on any atom is 0.290 e. The van der Waals surface area contributed by atoms with Gasteiger partial charge in [0.25, 0.3) is 17.4 Å². The molecule has 2 amide bonds. The van der Waals surface area contributed by atoms with E-state index in [1.54, 1.807) is 30.3 Å². The molecule has 2 aromatic heterocycles. The molecule has 8 nitrogen and oxygen atoms in total. The van der Waals surface area contributed by atoms with Crippen LogP contribution in [-0.2, 0) is 6.54 Å². The molecule has 0 radical (unpaired) electrons. The zero-order valence-corrected chi connectivity index (χ0v) is 16.7. The molecule has 0 atom stereocenters. The van der Waals surface area contributed by atoms with Gasteiger partial charge in [0.1, 0.15) is 5.69 Å². The average Bonchev–Trinajstić information content (AvgIpc) is 3.17. The van der Waals surface area contributed by atoms with Crippen molar-refractivity contribution in [2.75, 3.05) is 0 Å². The predicted molar refractivity (Wildman–Crippen MR) is 114 cm³/mol. The molecule has 0 bridgehead atoms. The lowest BCUT2D eigenvalue weighted by molar-refractivity contribution is 0.0841. The van der Waals surface area contributed by atoms with E-state index < -0.39 is 11.8 Å². The van der Waals surface area contributed by atoms with Crippen LogP contribution in [0.4, 0.5) is 0 Å². The molecule has 4 rings (SSSR count). The van der Waals surface area contributed by atoms with Crippen molar-refractivity contribution < 1.29 is 9.59 Å². The van der Waals surface area contributed by atoms with Crippen molar-refractivity contribution in [3.8, 4) is 0 Å². The Morgan fingerprint density at radius 2 is 1.77 bits per heavy atom. The fourth-order valence-electron chi connectivity index (χ4n) is 3.38. The van der Waals surface area contributed by atoms with Gasteiger partial charge in [-0.15, -0.1) is 0 Å². The smallest absolute Gasteiger partial charge is 0.290 e. The Hall–Kier alpha value is -3.94. The lowest BCUT2D eigenvalue weighted by atomic mass is 10.1. The molecule has 0 fully saturated rings. The van der Waals surface area contributed by atoms with E-state index in [4.69, 9.17) is 0 Å². The molecule has 0 aliphatic rings. The van der Waals surface area contributed by atoms with Crippen molar-refractivity contribution in [1.29, 1.82) is 0 Å². The second-order valence-corrected chi connectivity index (χ2v) is 7.10. The third-order valence-corrected chi connectivity index (χ3v) is 4.83. The number of fused-ring (bicyclic) bond motifs is 2. The van der Waals surface area contributed by atoms with Crippen LogP contribution in [0.2, 0.25) is 0 Å². The van der Waals surface area contributed by atoms with Crippen LogP contribution in [0.1, 0.15) is 39.9 Å². The minimum Gasteiger partial charge on any atom is -0.350 e. The number of aromatic amines is 1. The first-order valence-electron chi connectivity index (χ1n) is 9.68. The molecule has 8 heteroatoms. The van der Waals surface area contributed by atoms with Crippen LogP contribution in [-0.4, -0.2) is 26.6 Å².